The van der Waals surface area contributed by atoms with Crippen LogP contribution in [0.4, 0.5) is 11.4 Å². The van der Waals surface area contributed by atoms with Crippen LogP contribution in [-0.2, 0) is 4.79 Å². The van der Waals surface area contributed by atoms with Crippen LogP contribution in [-0.4, -0.2) is 33.1 Å². The van der Waals surface area contributed by atoms with Gasteiger partial charge in [-0.1, -0.05) is 15.9 Å². The Morgan fingerprint density at radius 2 is 2.26 bits per heavy atom. The molecule has 4 nitrogen and oxygen atoms in total. The number of anilines is 2. The second-order valence-corrected chi connectivity index (χ2v) is 6.00. The standard InChI is InChI=1S/C14H20BrN3O/c1-18(2)13-6-5-11(15)8-12(13)17-14(19)10-4-3-7-16-9-10/h5-6,8,10,16H,3-4,7,9H2,1-2H3,(H,17,19). The highest BCUT2D eigenvalue weighted by Gasteiger charge is 2.21. The Balaban J connectivity index is 2.13. The van der Waals surface area contributed by atoms with Gasteiger partial charge in [-0.05, 0) is 37.6 Å². The zero-order valence-electron chi connectivity index (χ0n) is 11.4. The molecule has 1 aromatic carbocycles. The first-order chi connectivity index (χ1) is 9.08. The molecule has 1 fully saturated rings. The highest BCUT2D eigenvalue weighted by atomic mass is 79.9. The van der Waals surface area contributed by atoms with Gasteiger partial charge in [0.15, 0.2) is 0 Å². The van der Waals surface area contributed by atoms with Gasteiger partial charge >= 0.3 is 0 Å². The number of amides is 1. The maximum Gasteiger partial charge on any atom is 0.228 e. The lowest BCUT2D eigenvalue weighted by Crippen LogP contribution is -2.37. The van der Waals surface area contributed by atoms with Crippen LogP contribution in [0.3, 0.4) is 0 Å². The Bertz CT molecular complexity index is 456. The van der Waals surface area contributed by atoms with Crippen molar-refractivity contribution >= 4 is 33.2 Å². The van der Waals surface area contributed by atoms with E-state index in [2.05, 4.69) is 26.6 Å². The molecule has 0 aromatic heterocycles. The summed E-state index contributed by atoms with van der Waals surface area (Å²) in [6, 6.07) is 5.93. The van der Waals surface area contributed by atoms with E-state index in [-0.39, 0.29) is 11.8 Å². The molecule has 1 amide bonds. The molecule has 2 rings (SSSR count). The summed E-state index contributed by atoms with van der Waals surface area (Å²) in [6.45, 7) is 1.79. The van der Waals surface area contributed by atoms with Crippen LogP contribution in [0.25, 0.3) is 0 Å². The van der Waals surface area contributed by atoms with Crippen molar-refractivity contribution in [2.75, 3.05) is 37.4 Å². The molecule has 104 valence electrons. The van der Waals surface area contributed by atoms with Gasteiger partial charge in [0.05, 0.1) is 17.3 Å². The largest absolute Gasteiger partial charge is 0.376 e. The average molecular weight is 326 g/mol. The molecule has 0 aliphatic carbocycles. The molecule has 1 heterocycles. The van der Waals surface area contributed by atoms with E-state index in [4.69, 9.17) is 0 Å². The SMILES string of the molecule is CN(C)c1ccc(Br)cc1NC(=O)C1CCCNC1. The van der Waals surface area contributed by atoms with Gasteiger partial charge in [0.2, 0.25) is 5.91 Å². The third kappa shape index (κ3) is 3.70. The summed E-state index contributed by atoms with van der Waals surface area (Å²) in [6.07, 6.45) is 2.03. The van der Waals surface area contributed by atoms with Gasteiger partial charge in [-0.25, -0.2) is 0 Å². The second-order valence-electron chi connectivity index (χ2n) is 5.09. The Morgan fingerprint density at radius 3 is 2.89 bits per heavy atom. The summed E-state index contributed by atoms with van der Waals surface area (Å²) < 4.78 is 0.968. The minimum absolute atomic E-state index is 0.0720. The molecule has 1 aromatic rings. The number of carbonyl (C=O) groups is 1. The Morgan fingerprint density at radius 1 is 1.47 bits per heavy atom. The summed E-state index contributed by atoms with van der Waals surface area (Å²) in [5, 5.41) is 6.32. The number of carbonyl (C=O) groups excluding carboxylic acids is 1. The number of rotatable bonds is 3. The molecule has 1 aliphatic rings. The van der Waals surface area contributed by atoms with E-state index >= 15 is 0 Å². The van der Waals surface area contributed by atoms with Crippen molar-refractivity contribution in [2.45, 2.75) is 12.8 Å². The molecule has 1 atom stereocenters. The van der Waals surface area contributed by atoms with Crippen molar-refractivity contribution in [2.24, 2.45) is 5.92 Å². The Labute approximate surface area is 122 Å². The van der Waals surface area contributed by atoms with Crippen LogP contribution in [0.1, 0.15) is 12.8 Å². The molecule has 0 bridgehead atoms. The second kappa shape index (κ2) is 6.39. The summed E-state index contributed by atoms with van der Waals surface area (Å²) >= 11 is 3.45. The van der Waals surface area contributed by atoms with Crippen molar-refractivity contribution < 1.29 is 4.79 Å². The monoisotopic (exact) mass is 325 g/mol. The van der Waals surface area contributed by atoms with Crippen molar-refractivity contribution in [3.05, 3.63) is 22.7 Å². The molecular weight excluding hydrogens is 306 g/mol. The number of halogens is 1. The number of hydrogen-bond acceptors (Lipinski definition) is 3. The van der Waals surface area contributed by atoms with Gasteiger partial charge in [0.1, 0.15) is 0 Å². The average Bonchev–Trinajstić information content (AvgIpc) is 2.39. The molecule has 19 heavy (non-hydrogen) atoms. The fourth-order valence-corrected chi connectivity index (χ4v) is 2.67. The van der Waals surface area contributed by atoms with Gasteiger partial charge in [0, 0.05) is 25.1 Å². The van der Waals surface area contributed by atoms with Crippen molar-refractivity contribution in [1.29, 1.82) is 0 Å². The number of hydrogen-bond donors (Lipinski definition) is 2. The Kier molecular flexibility index (Phi) is 4.82. The molecule has 1 unspecified atom stereocenters. The zero-order chi connectivity index (χ0) is 13.8. The smallest absolute Gasteiger partial charge is 0.228 e. The molecule has 0 radical (unpaired) electrons. The van der Waals surface area contributed by atoms with E-state index in [1.807, 2.05) is 37.2 Å². The zero-order valence-corrected chi connectivity index (χ0v) is 13.0. The molecule has 0 spiro atoms. The van der Waals surface area contributed by atoms with Crippen LogP contribution in [0.5, 0.6) is 0 Å². The van der Waals surface area contributed by atoms with Crippen molar-refractivity contribution in [3.8, 4) is 0 Å². The maximum absolute atomic E-state index is 12.3. The van der Waals surface area contributed by atoms with E-state index in [9.17, 15) is 4.79 Å². The number of piperidine rings is 1. The lowest BCUT2D eigenvalue weighted by Gasteiger charge is -2.24. The summed E-state index contributed by atoms with van der Waals surface area (Å²) in [4.78, 5) is 14.3. The maximum atomic E-state index is 12.3. The van der Waals surface area contributed by atoms with Crippen LogP contribution >= 0.6 is 15.9 Å². The fourth-order valence-electron chi connectivity index (χ4n) is 2.31. The van der Waals surface area contributed by atoms with Crippen molar-refractivity contribution in [1.82, 2.24) is 5.32 Å². The van der Waals surface area contributed by atoms with E-state index in [1.165, 1.54) is 0 Å². The highest BCUT2D eigenvalue weighted by Crippen LogP contribution is 2.28. The molecule has 0 saturated carbocycles. The van der Waals surface area contributed by atoms with Gasteiger partial charge in [-0.15, -0.1) is 0 Å². The van der Waals surface area contributed by atoms with Gasteiger partial charge < -0.3 is 15.5 Å². The van der Waals surface area contributed by atoms with E-state index in [1.54, 1.807) is 0 Å². The number of nitrogens with one attached hydrogen (secondary N) is 2. The number of benzene rings is 1. The lowest BCUT2D eigenvalue weighted by atomic mass is 9.98. The van der Waals surface area contributed by atoms with Gasteiger partial charge in [0.25, 0.3) is 0 Å². The normalized spacial score (nSPS) is 19.0. The summed E-state index contributed by atoms with van der Waals surface area (Å²) in [7, 11) is 3.95. The molecular formula is C14H20BrN3O. The van der Waals surface area contributed by atoms with E-state index in [0.29, 0.717) is 0 Å². The fraction of sp³-hybridized carbons (Fsp3) is 0.500. The third-order valence-electron chi connectivity index (χ3n) is 3.37. The van der Waals surface area contributed by atoms with Crippen LogP contribution in [0, 0.1) is 5.92 Å². The predicted octanol–water partition coefficient (Wildman–Crippen LogP) is 2.45. The molecule has 1 aliphatic heterocycles. The topological polar surface area (TPSA) is 44.4 Å². The van der Waals surface area contributed by atoms with Crippen molar-refractivity contribution in [3.63, 3.8) is 0 Å². The molecule has 2 N–H and O–H groups in total. The van der Waals surface area contributed by atoms with Gasteiger partial charge in [-0.3, -0.25) is 4.79 Å². The first-order valence-corrected chi connectivity index (χ1v) is 7.35. The number of nitrogens with zero attached hydrogens (tertiary/aromatic N) is 1. The Hall–Kier alpha value is -1.07. The first kappa shape index (κ1) is 14.3. The van der Waals surface area contributed by atoms with Crippen LogP contribution < -0.4 is 15.5 Å². The van der Waals surface area contributed by atoms with Crippen LogP contribution in [0.2, 0.25) is 0 Å². The van der Waals surface area contributed by atoms with E-state index in [0.717, 1.165) is 41.8 Å². The summed E-state index contributed by atoms with van der Waals surface area (Å²) in [5.41, 5.74) is 1.87. The highest BCUT2D eigenvalue weighted by molar-refractivity contribution is 9.10. The molecule has 5 heteroatoms. The van der Waals surface area contributed by atoms with Gasteiger partial charge in [-0.2, -0.15) is 0 Å². The summed E-state index contributed by atoms with van der Waals surface area (Å²) in [5.74, 6) is 0.177. The minimum Gasteiger partial charge on any atom is -0.376 e. The quantitative estimate of drug-likeness (QED) is 0.897. The van der Waals surface area contributed by atoms with E-state index < -0.39 is 0 Å². The lowest BCUT2D eigenvalue weighted by molar-refractivity contribution is -0.120. The predicted molar refractivity (Wildman–Crippen MR) is 82.7 cm³/mol. The van der Waals surface area contributed by atoms with Crippen LogP contribution in [0.15, 0.2) is 22.7 Å². The molecule has 1 saturated heterocycles. The first-order valence-electron chi connectivity index (χ1n) is 6.56. The third-order valence-corrected chi connectivity index (χ3v) is 3.86. The minimum atomic E-state index is 0.0720.